The van der Waals surface area contributed by atoms with Gasteiger partial charge in [-0.25, -0.2) is 4.99 Å². The molecule has 0 radical (unpaired) electrons. The van der Waals surface area contributed by atoms with Crippen LogP contribution in [0.4, 0.5) is 0 Å². The van der Waals surface area contributed by atoms with Gasteiger partial charge in [0, 0.05) is 23.3 Å². The maximum Gasteiger partial charge on any atom is 0.233 e. The summed E-state index contributed by atoms with van der Waals surface area (Å²) >= 11 is 1.91. The van der Waals surface area contributed by atoms with Gasteiger partial charge in [0.15, 0.2) is 0 Å². The van der Waals surface area contributed by atoms with Crippen LogP contribution < -0.4 is 4.74 Å². The van der Waals surface area contributed by atoms with Gasteiger partial charge in [0.05, 0.1) is 19.7 Å². The first-order valence-corrected chi connectivity index (χ1v) is 11.0. The van der Waals surface area contributed by atoms with Gasteiger partial charge in [-0.2, -0.15) is 11.8 Å². The van der Waals surface area contributed by atoms with Crippen LogP contribution in [0, 0.1) is 6.92 Å². The second kappa shape index (κ2) is 9.23. The summed E-state index contributed by atoms with van der Waals surface area (Å²) in [7, 11) is 1.71. The third-order valence-electron chi connectivity index (χ3n) is 4.99. The van der Waals surface area contributed by atoms with Crippen LogP contribution in [0.3, 0.4) is 0 Å². The Bertz CT molecular complexity index is 979. The third-order valence-corrected chi connectivity index (χ3v) is 6.15. The minimum atomic E-state index is 0.204. The molecule has 4 nitrogen and oxygen atoms in total. The molecule has 1 aromatic heterocycles. The van der Waals surface area contributed by atoms with Gasteiger partial charge in [-0.1, -0.05) is 48.0 Å². The van der Waals surface area contributed by atoms with Crippen molar-refractivity contribution in [1.82, 2.24) is 4.57 Å². The molecule has 0 amide bonds. The summed E-state index contributed by atoms with van der Waals surface area (Å²) in [5.41, 5.74) is 4.81. The van der Waals surface area contributed by atoms with E-state index in [-0.39, 0.29) is 6.04 Å². The molecule has 29 heavy (non-hydrogen) atoms. The van der Waals surface area contributed by atoms with Gasteiger partial charge in [-0.3, -0.25) is 0 Å². The standard InChI is InChI=1S/C24H26N2O2S/c1-18-9-11-19(12-10-18)16-29-17-21-15-28-24(25-21)22-7-5-13-26(22)14-20-6-3-4-8-23(20)27-2/h3-13,21H,14-17H2,1-2H3/t21-/m0/s1. The quantitative estimate of drug-likeness (QED) is 0.532. The monoisotopic (exact) mass is 406 g/mol. The van der Waals surface area contributed by atoms with E-state index in [0.717, 1.165) is 41.0 Å². The molecular weight excluding hydrogens is 380 g/mol. The van der Waals surface area contributed by atoms with E-state index in [9.17, 15) is 0 Å². The van der Waals surface area contributed by atoms with Crippen LogP contribution in [0.2, 0.25) is 0 Å². The fourth-order valence-electron chi connectivity index (χ4n) is 3.40. The summed E-state index contributed by atoms with van der Waals surface area (Å²) in [5, 5.41) is 0. The van der Waals surface area contributed by atoms with Gasteiger partial charge < -0.3 is 14.0 Å². The van der Waals surface area contributed by atoms with E-state index in [2.05, 4.69) is 54.1 Å². The van der Waals surface area contributed by atoms with Crippen LogP contribution in [0.15, 0.2) is 71.9 Å². The molecule has 5 heteroatoms. The fourth-order valence-corrected chi connectivity index (χ4v) is 4.39. The van der Waals surface area contributed by atoms with E-state index in [1.165, 1.54) is 11.1 Å². The SMILES string of the molecule is COc1ccccc1Cn1cccc1C1=N[C@H](CSCc2ccc(C)cc2)CO1. The zero-order chi connectivity index (χ0) is 20.1. The Morgan fingerprint density at radius 1 is 1.10 bits per heavy atom. The van der Waals surface area contributed by atoms with Gasteiger partial charge in [0.25, 0.3) is 0 Å². The molecule has 3 aromatic rings. The smallest absolute Gasteiger partial charge is 0.233 e. The Morgan fingerprint density at radius 2 is 1.93 bits per heavy atom. The molecule has 0 bridgehead atoms. The van der Waals surface area contributed by atoms with E-state index in [1.807, 2.05) is 36.0 Å². The number of ether oxygens (including phenoxy) is 2. The molecule has 2 aromatic carbocycles. The number of thioether (sulfide) groups is 1. The Kier molecular flexibility index (Phi) is 6.25. The first-order valence-electron chi connectivity index (χ1n) is 9.84. The molecule has 1 aliphatic rings. The lowest BCUT2D eigenvalue weighted by Gasteiger charge is -2.12. The van der Waals surface area contributed by atoms with Crippen molar-refractivity contribution in [3.8, 4) is 5.75 Å². The van der Waals surface area contributed by atoms with Crippen molar-refractivity contribution in [3.05, 3.63) is 89.2 Å². The zero-order valence-electron chi connectivity index (χ0n) is 16.9. The Morgan fingerprint density at radius 3 is 2.76 bits per heavy atom. The van der Waals surface area contributed by atoms with E-state index in [1.54, 1.807) is 7.11 Å². The van der Waals surface area contributed by atoms with Gasteiger partial charge >= 0.3 is 0 Å². The fraction of sp³-hybridized carbons (Fsp3) is 0.292. The molecule has 0 saturated carbocycles. The lowest BCUT2D eigenvalue weighted by Crippen LogP contribution is -2.11. The van der Waals surface area contributed by atoms with Crippen LogP contribution in [0.1, 0.15) is 22.4 Å². The maximum absolute atomic E-state index is 5.95. The number of aryl methyl sites for hydroxylation is 1. The van der Waals surface area contributed by atoms with Gasteiger partial charge in [0.1, 0.15) is 18.1 Å². The number of aliphatic imine (C=N–C) groups is 1. The van der Waals surface area contributed by atoms with Crippen LogP contribution in [-0.2, 0) is 17.0 Å². The van der Waals surface area contributed by atoms with Gasteiger partial charge in [-0.05, 0) is 30.7 Å². The van der Waals surface area contributed by atoms with Crippen molar-refractivity contribution < 1.29 is 9.47 Å². The summed E-state index contributed by atoms with van der Waals surface area (Å²) in [6.07, 6.45) is 2.06. The molecule has 0 spiro atoms. The highest BCUT2D eigenvalue weighted by Gasteiger charge is 2.22. The lowest BCUT2D eigenvalue weighted by molar-refractivity contribution is 0.323. The molecular formula is C24H26N2O2S. The van der Waals surface area contributed by atoms with E-state index < -0.39 is 0 Å². The molecule has 4 rings (SSSR count). The molecule has 0 aliphatic carbocycles. The molecule has 2 heterocycles. The van der Waals surface area contributed by atoms with Crippen molar-refractivity contribution in [3.63, 3.8) is 0 Å². The molecule has 0 fully saturated rings. The normalized spacial score (nSPS) is 15.8. The number of rotatable bonds is 8. The van der Waals surface area contributed by atoms with Crippen LogP contribution >= 0.6 is 11.8 Å². The molecule has 1 aliphatic heterocycles. The highest BCUT2D eigenvalue weighted by molar-refractivity contribution is 7.98. The number of methoxy groups -OCH3 is 1. The summed E-state index contributed by atoms with van der Waals surface area (Å²) < 4.78 is 13.6. The minimum Gasteiger partial charge on any atom is -0.496 e. The zero-order valence-corrected chi connectivity index (χ0v) is 17.7. The van der Waals surface area contributed by atoms with E-state index >= 15 is 0 Å². The minimum absolute atomic E-state index is 0.204. The van der Waals surface area contributed by atoms with Gasteiger partial charge in [-0.15, -0.1) is 0 Å². The highest BCUT2D eigenvalue weighted by atomic mass is 32.2. The maximum atomic E-state index is 5.95. The summed E-state index contributed by atoms with van der Waals surface area (Å²) in [6.45, 7) is 3.49. The van der Waals surface area contributed by atoms with Crippen LogP contribution in [0.5, 0.6) is 5.75 Å². The number of benzene rings is 2. The van der Waals surface area contributed by atoms with Crippen molar-refractivity contribution in [2.24, 2.45) is 4.99 Å². The Balaban J connectivity index is 1.38. The average Bonchev–Trinajstić information content (AvgIpc) is 3.39. The third kappa shape index (κ3) is 4.85. The number of hydrogen-bond acceptors (Lipinski definition) is 4. The Labute approximate surface area is 176 Å². The molecule has 150 valence electrons. The highest BCUT2D eigenvalue weighted by Crippen LogP contribution is 2.22. The number of para-hydroxylation sites is 1. The summed E-state index contributed by atoms with van der Waals surface area (Å²) in [6, 6.07) is 21.1. The molecule has 0 saturated heterocycles. The van der Waals surface area contributed by atoms with Crippen molar-refractivity contribution in [2.45, 2.75) is 25.3 Å². The molecule has 0 N–H and O–H groups in total. The average molecular weight is 407 g/mol. The number of aromatic nitrogens is 1. The van der Waals surface area contributed by atoms with Gasteiger partial charge in [0.2, 0.25) is 5.90 Å². The molecule has 0 unspecified atom stereocenters. The Hall–Kier alpha value is -2.66. The van der Waals surface area contributed by atoms with Crippen molar-refractivity contribution >= 4 is 17.7 Å². The summed E-state index contributed by atoms with van der Waals surface area (Å²) in [4.78, 5) is 4.84. The lowest BCUT2D eigenvalue weighted by atomic mass is 10.2. The number of nitrogens with zero attached hydrogens (tertiary/aromatic N) is 2. The second-order valence-corrected chi connectivity index (χ2v) is 8.26. The first-order chi connectivity index (χ1) is 14.2. The topological polar surface area (TPSA) is 35.8 Å². The molecule has 1 atom stereocenters. The summed E-state index contributed by atoms with van der Waals surface area (Å²) in [5.74, 6) is 3.61. The van der Waals surface area contributed by atoms with Crippen molar-refractivity contribution in [2.75, 3.05) is 19.5 Å². The van der Waals surface area contributed by atoms with Crippen LogP contribution in [-0.4, -0.2) is 36.0 Å². The van der Waals surface area contributed by atoms with E-state index in [4.69, 9.17) is 14.5 Å². The van der Waals surface area contributed by atoms with E-state index in [0.29, 0.717) is 6.61 Å². The van der Waals surface area contributed by atoms with Crippen LogP contribution in [0.25, 0.3) is 0 Å². The largest absolute Gasteiger partial charge is 0.496 e. The predicted octanol–water partition coefficient (Wildman–Crippen LogP) is 4.93. The number of hydrogen-bond donors (Lipinski definition) is 0. The second-order valence-electron chi connectivity index (χ2n) is 7.23. The first kappa shape index (κ1) is 19.6. The predicted molar refractivity (Wildman–Crippen MR) is 120 cm³/mol. The van der Waals surface area contributed by atoms with Crippen molar-refractivity contribution in [1.29, 1.82) is 0 Å².